The molecule has 2 atom stereocenters. The van der Waals surface area contributed by atoms with Crippen molar-refractivity contribution in [1.29, 1.82) is 0 Å². The predicted octanol–water partition coefficient (Wildman–Crippen LogP) is 2.48. The van der Waals surface area contributed by atoms with Gasteiger partial charge in [-0.2, -0.15) is 0 Å². The van der Waals surface area contributed by atoms with Gasteiger partial charge in [0.15, 0.2) is 0 Å². The number of esters is 2. The van der Waals surface area contributed by atoms with Crippen molar-refractivity contribution in [2.75, 3.05) is 20.8 Å². The molecule has 0 heterocycles. The summed E-state index contributed by atoms with van der Waals surface area (Å²) in [4.78, 5) is 35.8. The second kappa shape index (κ2) is 10.5. The molecule has 0 aliphatic carbocycles. The number of carbonyl (C=O) groups excluding carboxylic acids is 3. The van der Waals surface area contributed by atoms with Gasteiger partial charge in [0.2, 0.25) is 0 Å². The molecule has 0 unspecified atom stereocenters. The lowest BCUT2D eigenvalue weighted by Gasteiger charge is -2.27. The molecule has 1 aromatic rings. The van der Waals surface area contributed by atoms with E-state index in [0.717, 1.165) is 5.56 Å². The molecule has 0 bridgehead atoms. The number of alkyl carbamates (subject to hydrolysis) is 1. The third-order valence-corrected chi connectivity index (χ3v) is 3.76. The summed E-state index contributed by atoms with van der Waals surface area (Å²) in [6, 6.07) is 6.18. The van der Waals surface area contributed by atoms with Gasteiger partial charge in [0, 0.05) is 12.8 Å². The molecule has 0 saturated carbocycles. The summed E-state index contributed by atoms with van der Waals surface area (Å²) in [6.45, 7) is 6.35. The molecule has 1 aromatic carbocycles. The molecule has 1 N–H and O–H groups in total. The van der Waals surface area contributed by atoms with Crippen LogP contribution >= 0.6 is 0 Å². The van der Waals surface area contributed by atoms with Crippen molar-refractivity contribution in [3.8, 4) is 5.75 Å². The summed E-state index contributed by atoms with van der Waals surface area (Å²) in [5.74, 6) is -1.01. The normalized spacial score (nSPS) is 13.1. The maximum atomic E-state index is 12.3. The average molecular weight is 395 g/mol. The molecule has 1 rings (SSSR count). The van der Waals surface area contributed by atoms with E-state index in [2.05, 4.69) is 5.32 Å². The van der Waals surface area contributed by atoms with Gasteiger partial charge in [-0.1, -0.05) is 12.1 Å². The minimum absolute atomic E-state index is 0.0725. The number of benzene rings is 1. The van der Waals surface area contributed by atoms with Crippen LogP contribution in [0.1, 0.15) is 33.3 Å². The second-order valence-corrected chi connectivity index (χ2v) is 7.26. The molecule has 156 valence electrons. The first-order valence-electron chi connectivity index (χ1n) is 8.89. The summed E-state index contributed by atoms with van der Waals surface area (Å²) < 4.78 is 20.3. The van der Waals surface area contributed by atoms with E-state index in [1.165, 1.54) is 14.0 Å². The quantitative estimate of drug-likeness (QED) is 0.533. The molecule has 28 heavy (non-hydrogen) atoms. The Kier molecular flexibility index (Phi) is 8.76. The second-order valence-electron chi connectivity index (χ2n) is 7.26. The van der Waals surface area contributed by atoms with Crippen LogP contribution in [0.4, 0.5) is 4.79 Å². The largest absolute Gasteiger partial charge is 0.497 e. The van der Waals surface area contributed by atoms with Crippen LogP contribution in [-0.2, 0) is 30.2 Å². The summed E-state index contributed by atoms with van der Waals surface area (Å²) in [6.07, 6.45) is -0.405. The van der Waals surface area contributed by atoms with Gasteiger partial charge in [0.1, 0.15) is 17.4 Å². The fourth-order valence-electron chi connectivity index (χ4n) is 2.49. The Morgan fingerprint density at radius 3 is 2.14 bits per heavy atom. The van der Waals surface area contributed by atoms with Crippen LogP contribution in [0.2, 0.25) is 0 Å². The predicted molar refractivity (Wildman–Crippen MR) is 102 cm³/mol. The first-order chi connectivity index (χ1) is 13.1. The van der Waals surface area contributed by atoms with Crippen LogP contribution in [-0.4, -0.2) is 50.5 Å². The first kappa shape index (κ1) is 23.3. The molecule has 8 nitrogen and oxygen atoms in total. The SMILES string of the molecule is COC(=O)[C@@H](NC(=O)OC(C)(C)C)[C@H](COC(C)=O)Cc1ccc(OC)cc1. The summed E-state index contributed by atoms with van der Waals surface area (Å²) >= 11 is 0. The van der Waals surface area contributed by atoms with Gasteiger partial charge in [-0.3, -0.25) is 4.79 Å². The number of rotatable bonds is 8. The Bertz CT molecular complexity index is 664. The zero-order valence-electron chi connectivity index (χ0n) is 17.2. The van der Waals surface area contributed by atoms with Gasteiger partial charge in [-0.05, 0) is 44.9 Å². The van der Waals surface area contributed by atoms with Gasteiger partial charge in [-0.25, -0.2) is 9.59 Å². The molecule has 0 aliphatic rings. The van der Waals surface area contributed by atoms with E-state index in [4.69, 9.17) is 18.9 Å². The molecule has 1 amide bonds. The Morgan fingerprint density at radius 2 is 1.68 bits per heavy atom. The number of amides is 1. The summed E-state index contributed by atoms with van der Waals surface area (Å²) in [7, 11) is 2.79. The van der Waals surface area contributed by atoms with Crippen LogP contribution < -0.4 is 10.1 Å². The monoisotopic (exact) mass is 395 g/mol. The van der Waals surface area contributed by atoms with E-state index in [9.17, 15) is 14.4 Å². The van der Waals surface area contributed by atoms with E-state index in [1.807, 2.05) is 12.1 Å². The fraction of sp³-hybridized carbons (Fsp3) is 0.550. The zero-order chi connectivity index (χ0) is 21.3. The van der Waals surface area contributed by atoms with Gasteiger partial charge in [-0.15, -0.1) is 0 Å². The van der Waals surface area contributed by atoms with Crippen LogP contribution in [0.15, 0.2) is 24.3 Å². The smallest absolute Gasteiger partial charge is 0.408 e. The molecular formula is C20H29NO7. The van der Waals surface area contributed by atoms with Gasteiger partial charge in [0.05, 0.1) is 20.8 Å². The van der Waals surface area contributed by atoms with Crippen molar-refractivity contribution >= 4 is 18.0 Å². The zero-order valence-corrected chi connectivity index (χ0v) is 17.2. The minimum atomic E-state index is -1.05. The Hall–Kier alpha value is -2.77. The Balaban J connectivity index is 3.05. The molecule has 0 aliphatic heterocycles. The van der Waals surface area contributed by atoms with E-state index < -0.39 is 35.6 Å². The Morgan fingerprint density at radius 1 is 1.07 bits per heavy atom. The Labute approximate surface area is 165 Å². The minimum Gasteiger partial charge on any atom is -0.497 e. The number of hydrogen-bond donors (Lipinski definition) is 1. The van der Waals surface area contributed by atoms with Crippen molar-refractivity contribution in [2.24, 2.45) is 5.92 Å². The number of nitrogens with one attached hydrogen (secondary N) is 1. The number of ether oxygens (including phenoxy) is 4. The van der Waals surface area contributed by atoms with Gasteiger partial charge < -0.3 is 24.3 Å². The maximum Gasteiger partial charge on any atom is 0.408 e. The number of hydrogen-bond acceptors (Lipinski definition) is 7. The van der Waals surface area contributed by atoms with Crippen molar-refractivity contribution in [2.45, 2.75) is 45.8 Å². The number of methoxy groups -OCH3 is 2. The summed E-state index contributed by atoms with van der Waals surface area (Å²) in [5.41, 5.74) is 0.143. The molecule has 0 radical (unpaired) electrons. The lowest BCUT2D eigenvalue weighted by molar-refractivity contribution is -0.149. The lowest BCUT2D eigenvalue weighted by atomic mass is 9.92. The fourth-order valence-corrected chi connectivity index (χ4v) is 2.49. The highest BCUT2D eigenvalue weighted by atomic mass is 16.6. The number of carbonyl (C=O) groups is 3. The van der Waals surface area contributed by atoms with Crippen molar-refractivity contribution in [1.82, 2.24) is 5.32 Å². The highest BCUT2D eigenvalue weighted by molar-refractivity contribution is 5.81. The van der Waals surface area contributed by atoms with Crippen molar-refractivity contribution < 1.29 is 33.3 Å². The van der Waals surface area contributed by atoms with E-state index in [0.29, 0.717) is 12.2 Å². The maximum absolute atomic E-state index is 12.3. The van der Waals surface area contributed by atoms with E-state index >= 15 is 0 Å². The van der Waals surface area contributed by atoms with Crippen LogP contribution in [0.25, 0.3) is 0 Å². The summed E-state index contributed by atoms with van der Waals surface area (Å²) in [5, 5.41) is 2.54. The molecule has 8 heteroatoms. The molecule has 0 spiro atoms. The van der Waals surface area contributed by atoms with Crippen LogP contribution in [0.3, 0.4) is 0 Å². The van der Waals surface area contributed by atoms with Crippen LogP contribution in [0, 0.1) is 5.92 Å². The van der Waals surface area contributed by atoms with E-state index in [-0.39, 0.29) is 6.61 Å². The molecule has 0 fully saturated rings. The van der Waals surface area contributed by atoms with Crippen molar-refractivity contribution in [3.05, 3.63) is 29.8 Å². The molecular weight excluding hydrogens is 366 g/mol. The van der Waals surface area contributed by atoms with Gasteiger partial charge in [0.25, 0.3) is 0 Å². The molecule has 0 saturated heterocycles. The highest BCUT2D eigenvalue weighted by Crippen LogP contribution is 2.19. The third kappa shape index (κ3) is 8.28. The molecule has 0 aromatic heterocycles. The van der Waals surface area contributed by atoms with Crippen molar-refractivity contribution in [3.63, 3.8) is 0 Å². The topological polar surface area (TPSA) is 100 Å². The third-order valence-electron chi connectivity index (χ3n) is 3.76. The van der Waals surface area contributed by atoms with E-state index in [1.54, 1.807) is 40.0 Å². The standard InChI is InChI=1S/C20H29NO7/c1-13(22)27-12-15(11-14-7-9-16(25-5)10-8-14)17(18(23)26-6)21-19(24)28-20(2,3)4/h7-10,15,17H,11-12H2,1-6H3,(H,21,24)/t15-,17-/m0/s1. The lowest BCUT2D eigenvalue weighted by Crippen LogP contribution is -2.50. The first-order valence-corrected chi connectivity index (χ1v) is 8.89. The highest BCUT2D eigenvalue weighted by Gasteiger charge is 2.33. The average Bonchev–Trinajstić information content (AvgIpc) is 2.61. The van der Waals surface area contributed by atoms with Gasteiger partial charge >= 0.3 is 18.0 Å². The van der Waals surface area contributed by atoms with Crippen LogP contribution in [0.5, 0.6) is 5.75 Å².